The molecule has 0 aliphatic carbocycles. The van der Waals surface area contributed by atoms with Crippen molar-refractivity contribution in [2.24, 2.45) is 0 Å². The van der Waals surface area contributed by atoms with Gasteiger partial charge >= 0.3 is 0 Å². The summed E-state index contributed by atoms with van der Waals surface area (Å²) in [5, 5.41) is 9.46. The molecule has 2 aromatic carbocycles. The molecular weight excluding hydrogens is 314 g/mol. The van der Waals surface area contributed by atoms with Gasteiger partial charge in [-0.15, -0.1) is 0 Å². The minimum absolute atomic E-state index is 0.146. The standard InChI is InChI=1S/C17H21NO4S/c1-2-22-16-8-10-17(11-9-16)23(20,21)18-15(13-19)12-14-6-4-3-5-7-14/h3-11,15,18-19H,2,12-13H2,1H3. The second-order valence-corrected chi connectivity index (χ2v) is 6.81. The number of hydrogen-bond acceptors (Lipinski definition) is 4. The van der Waals surface area contributed by atoms with Crippen LogP contribution in [0.1, 0.15) is 12.5 Å². The third-order valence-corrected chi connectivity index (χ3v) is 4.85. The maximum atomic E-state index is 12.4. The zero-order valence-electron chi connectivity index (χ0n) is 13.0. The molecule has 0 amide bonds. The molecule has 0 aromatic heterocycles. The zero-order chi connectivity index (χ0) is 16.7. The summed E-state index contributed by atoms with van der Waals surface area (Å²) in [7, 11) is -3.69. The molecule has 2 rings (SSSR count). The first-order valence-corrected chi connectivity index (χ1v) is 8.93. The zero-order valence-corrected chi connectivity index (χ0v) is 13.8. The molecule has 2 N–H and O–H groups in total. The van der Waals surface area contributed by atoms with Crippen LogP contribution in [0.2, 0.25) is 0 Å². The van der Waals surface area contributed by atoms with Crippen LogP contribution in [0.15, 0.2) is 59.5 Å². The Morgan fingerprint density at radius 3 is 2.30 bits per heavy atom. The summed E-state index contributed by atoms with van der Waals surface area (Å²) >= 11 is 0. The van der Waals surface area contributed by atoms with Gasteiger partial charge in [0, 0.05) is 6.04 Å². The van der Waals surface area contributed by atoms with Crippen LogP contribution in [0.5, 0.6) is 5.75 Å². The lowest BCUT2D eigenvalue weighted by atomic mass is 10.1. The maximum Gasteiger partial charge on any atom is 0.240 e. The van der Waals surface area contributed by atoms with Crippen molar-refractivity contribution in [2.45, 2.75) is 24.3 Å². The summed E-state index contributed by atoms with van der Waals surface area (Å²) in [5.74, 6) is 0.620. The highest BCUT2D eigenvalue weighted by atomic mass is 32.2. The molecule has 124 valence electrons. The minimum Gasteiger partial charge on any atom is -0.494 e. The van der Waals surface area contributed by atoms with Crippen molar-refractivity contribution in [1.29, 1.82) is 0 Å². The summed E-state index contributed by atoms with van der Waals surface area (Å²) in [6, 6.07) is 15.1. The molecule has 0 spiro atoms. The summed E-state index contributed by atoms with van der Waals surface area (Å²) in [6.45, 7) is 2.11. The molecule has 0 bridgehead atoms. The van der Waals surface area contributed by atoms with Crippen LogP contribution in [0.3, 0.4) is 0 Å². The number of sulfonamides is 1. The van der Waals surface area contributed by atoms with E-state index in [1.165, 1.54) is 12.1 Å². The van der Waals surface area contributed by atoms with Crippen molar-refractivity contribution in [3.05, 3.63) is 60.2 Å². The highest BCUT2D eigenvalue weighted by Gasteiger charge is 2.20. The maximum absolute atomic E-state index is 12.4. The second kappa shape index (κ2) is 8.10. The van der Waals surface area contributed by atoms with Gasteiger partial charge in [-0.2, -0.15) is 0 Å². The topological polar surface area (TPSA) is 75.6 Å². The van der Waals surface area contributed by atoms with Gasteiger partial charge in [0.2, 0.25) is 10.0 Å². The fraction of sp³-hybridized carbons (Fsp3) is 0.294. The monoisotopic (exact) mass is 335 g/mol. The van der Waals surface area contributed by atoms with Crippen LogP contribution >= 0.6 is 0 Å². The molecule has 5 nitrogen and oxygen atoms in total. The van der Waals surface area contributed by atoms with Gasteiger partial charge in [0.25, 0.3) is 0 Å². The van der Waals surface area contributed by atoms with Gasteiger partial charge in [-0.1, -0.05) is 30.3 Å². The number of benzene rings is 2. The van der Waals surface area contributed by atoms with Crippen LogP contribution in [-0.4, -0.2) is 32.8 Å². The van der Waals surface area contributed by atoms with Gasteiger partial charge in [0.15, 0.2) is 0 Å². The van der Waals surface area contributed by atoms with Crippen molar-refractivity contribution in [2.75, 3.05) is 13.2 Å². The van der Waals surface area contributed by atoms with E-state index in [0.29, 0.717) is 18.8 Å². The minimum atomic E-state index is -3.69. The van der Waals surface area contributed by atoms with E-state index in [2.05, 4.69) is 4.72 Å². The molecule has 0 aliphatic rings. The van der Waals surface area contributed by atoms with Gasteiger partial charge in [0.05, 0.1) is 18.1 Å². The lowest BCUT2D eigenvalue weighted by Gasteiger charge is -2.17. The van der Waals surface area contributed by atoms with Gasteiger partial charge in [-0.25, -0.2) is 13.1 Å². The summed E-state index contributed by atoms with van der Waals surface area (Å²) in [6.07, 6.45) is 0.424. The Labute approximate surface area is 137 Å². The molecule has 0 fully saturated rings. The van der Waals surface area contributed by atoms with Crippen molar-refractivity contribution in [1.82, 2.24) is 4.72 Å². The summed E-state index contributed by atoms with van der Waals surface area (Å²) in [5.41, 5.74) is 0.959. The first-order valence-electron chi connectivity index (χ1n) is 7.45. The van der Waals surface area contributed by atoms with Crippen molar-refractivity contribution in [3.8, 4) is 5.75 Å². The number of hydrogen-bond donors (Lipinski definition) is 2. The van der Waals surface area contributed by atoms with E-state index in [1.54, 1.807) is 12.1 Å². The van der Waals surface area contributed by atoms with Crippen LogP contribution in [0.4, 0.5) is 0 Å². The fourth-order valence-corrected chi connectivity index (χ4v) is 3.44. The predicted molar refractivity (Wildman–Crippen MR) is 89.0 cm³/mol. The molecule has 0 radical (unpaired) electrons. The molecule has 0 saturated heterocycles. The highest BCUT2D eigenvalue weighted by Crippen LogP contribution is 2.16. The first-order chi connectivity index (χ1) is 11.0. The van der Waals surface area contributed by atoms with Crippen molar-refractivity contribution < 1.29 is 18.3 Å². The van der Waals surface area contributed by atoms with E-state index in [0.717, 1.165) is 5.56 Å². The molecule has 1 atom stereocenters. The van der Waals surface area contributed by atoms with E-state index < -0.39 is 16.1 Å². The molecule has 6 heteroatoms. The van der Waals surface area contributed by atoms with Crippen LogP contribution in [0.25, 0.3) is 0 Å². The third kappa shape index (κ3) is 5.06. The Balaban J connectivity index is 2.08. The largest absolute Gasteiger partial charge is 0.494 e. The molecule has 0 heterocycles. The summed E-state index contributed by atoms with van der Waals surface area (Å²) in [4.78, 5) is 0.146. The molecule has 0 saturated carbocycles. The van der Waals surface area contributed by atoms with E-state index >= 15 is 0 Å². The number of rotatable bonds is 8. The van der Waals surface area contributed by atoms with E-state index in [9.17, 15) is 13.5 Å². The van der Waals surface area contributed by atoms with Crippen LogP contribution in [0, 0.1) is 0 Å². The van der Waals surface area contributed by atoms with E-state index in [4.69, 9.17) is 4.74 Å². The fourth-order valence-electron chi connectivity index (χ4n) is 2.21. The van der Waals surface area contributed by atoms with Crippen LogP contribution < -0.4 is 9.46 Å². The normalized spacial score (nSPS) is 12.8. The van der Waals surface area contributed by atoms with Gasteiger partial charge in [-0.3, -0.25) is 0 Å². The Kier molecular flexibility index (Phi) is 6.15. The average Bonchev–Trinajstić information content (AvgIpc) is 2.56. The predicted octanol–water partition coefficient (Wildman–Crippen LogP) is 1.97. The lowest BCUT2D eigenvalue weighted by molar-refractivity contribution is 0.256. The first kappa shape index (κ1) is 17.5. The Hall–Kier alpha value is -1.89. The second-order valence-electron chi connectivity index (χ2n) is 5.09. The average molecular weight is 335 g/mol. The van der Waals surface area contributed by atoms with E-state index in [1.807, 2.05) is 37.3 Å². The SMILES string of the molecule is CCOc1ccc(S(=O)(=O)NC(CO)Cc2ccccc2)cc1. The van der Waals surface area contributed by atoms with Gasteiger partial charge in [0.1, 0.15) is 5.75 Å². The Morgan fingerprint density at radius 1 is 1.09 bits per heavy atom. The third-order valence-electron chi connectivity index (χ3n) is 3.31. The lowest BCUT2D eigenvalue weighted by Crippen LogP contribution is -2.39. The highest BCUT2D eigenvalue weighted by molar-refractivity contribution is 7.89. The molecular formula is C17H21NO4S. The summed E-state index contributed by atoms with van der Waals surface area (Å²) < 4.78 is 32.6. The molecule has 0 aliphatic heterocycles. The number of ether oxygens (including phenoxy) is 1. The van der Waals surface area contributed by atoms with Gasteiger partial charge < -0.3 is 9.84 Å². The number of nitrogens with one attached hydrogen (secondary N) is 1. The molecule has 1 unspecified atom stereocenters. The smallest absolute Gasteiger partial charge is 0.240 e. The Bertz CT molecular complexity index is 699. The van der Waals surface area contributed by atoms with E-state index in [-0.39, 0.29) is 11.5 Å². The van der Waals surface area contributed by atoms with Crippen molar-refractivity contribution >= 4 is 10.0 Å². The quantitative estimate of drug-likeness (QED) is 0.773. The number of aliphatic hydroxyl groups is 1. The number of aliphatic hydroxyl groups excluding tert-OH is 1. The Morgan fingerprint density at radius 2 is 1.74 bits per heavy atom. The van der Waals surface area contributed by atoms with Crippen molar-refractivity contribution in [3.63, 3.8) is 0 Å². The van der Waals surface area contributed by atoms with Crippen LogP contribution in [-0.2, 0) is 16.4 Å². The van der Waals surface area contributed by atoms with Gasteiger partial charge in [-0.05, 0) is 43.2 Å². The molecule has 23 heavy (non-hydrogen) atoms. The molecule has 2 aromatic rings.